The molecule has 2 rings (SSSR count). The van der Waals surface area contributed by atoms with Crippen LogP contribution in [0.15, 0.2) is 0 Å². The van der Waals surface area contributed by atoms with Gasteiger partial charge in [0, 0.05) is 24.3 Å². The summed E-state index contributed by atoms with van der Waals surface area (Å²) in [5.74, 6) is 3.93. The van der Waals surface area contributed by atoms with E-state index in [-0.39, 0.29) is 5.92 Å². The highest BCUT2D eigenvalue weighted by molar-refractivity contribution is 5.48. The lowest BCUT2D eigenvalue weighted by Gasteiger charge is -2.12. The molecule has 2 aromatic rings. The van der Waals surface area contributed by atoms with Gasteiger partial charge < -0.3 is 5.73 Å². The third-order valence-corrected chi connectivity index (χ3v) is 3.24. The van der Waals surface area contributed by atoms with Gasteiger partial charge in [0.1, 0.15) is 17.5 Å². The number of nitrogens with two attached hydrogens (primary N) is 1. The summed E-state index contributed by atoms with van der Waals surface area (Å²) in [5, 5.41) is 4.53. The summed E-state index contributed by atoms with van der Waals surface area (Å²) < 4.78 is 1.80. The second-order valence-electron chi connectivity index (χ2n) is 5.13. The van der Waals surface area contributed by atoms with E-state index in [2.05, 4.69) is 27.0 Å². The molecular formula is C14H22N6. The van der Waals surface area contributed by atoms with Crippen molar-refractivity contribution in [3.63, 3.8) is 0 Å². The number of aromatic nitrogens is 5. The van der Waals surface area contributed by atoms with Crippen molar-refractivity contribution < 1.29 is 0 Å². The van der Waals surface area contributed by atoms with E-state index in [1.165, 1.54) is 0 Å². The lowest BCUT2D eigenvalue weighted by Crippen LogP contribution is -2.13. The number of nitrogens with zero attached hydrogens (tertiary/aromatic N) is 5. The molecule has 2 heterocycles. The summed E-state index contributed by atoms with van der Waals surface area (Å²) in [5.41, 5.74) is 6.86. The van der Waals surface area contributed by atoms with E-state index < -0.39 is 0 Å². The molecule has 0 fully saturated rings. The Bertz CT molecular complexity index is 614. The molecule has 6 heteroatoms. The Balaban J connectivity index is 2.65. The molecule has 0 aliphatic heterocycles. The Hall–Kier alpha value is -1.98. The first-order valence-electron chi connectivity index (χ1n) is 7.07. The van der Waals surface area contributed by atoms with E-state index in [1.54, 1.807) is 4.68 Å². The van der Waals surface area contributed by atoms with Crippen molar-refractivity contribution in [1.29, 1.82) is 0 Å². The van der Waals surface area contributed by atoms with Crippen LogP contribution < -0.4 is 5.73 Å². The molecule has 0 radical (unpaired) electrons. The molecule has 2 aromatic heterocycles. The fourth-order valence-electron chi connectivity index (χ4n) is 1.94. The largest absolute Gasteiger partial charge is 0.383 e. The molecule has 0 aliphatic rings. The molecule has 2 N–H and O–H groups in total. The summed E-state index contributed by atoms with van der Waals surface area (Å²) in [6.45, 7) is 10.1. The first kappa shape index (κ1) is 14.4. The molecule has 0 bridgehead atoms. The second-order valence-corrected chi connectivity index (χ2v) is 5.13. The van der Waals surface area contributed by atoms with Crippen LogP contribution in [0.5, 0.6) is 0 Å². The van der Waals surface area contributed by atoms with Crippen LogP contribution in [0.25, 0.3) is 5.82 Å². The SMILES string of the molecule is CCc1nc(CC)n(-c2nc(C(C)C)nc(N)c2C)n1. The van der Waals surface area contributed by atoms with Crippen LogP contribution in [0.2, 0.25) is 0 Å². The lowest BCUT2D eigenvalue weighted by molar-refractivity contribution is 0.719. The summed E-state index contributed by atoms with van der Waals surface area (Å²) in [6.07, 6.45) is 1.60. The monoisotopic (exact) mass is 274 g/mol. The topological polar surface area (TPSA) is 82.5 Å². The van der Waals surface area contributed by atoms with Gasteiger partial charge in [-0.2, -0.15) is 4.68 Å². The maximum Gasteiger partial charge on any atom is 0.164 e. The fraction of sp³-hybridized carbons (Fsp3) is 0.571. The van der Waals surface area contributed by atoms with Gasteiger partial charge in [-0.1, -0.05) is 27.7 Å². The van der Waals surface area contributed by atoms with Crippen molar-refractivity contribution in [3.8, 4) is 5.82 Å². The molecule has 108 valence electrons. The van der Waals surface area contributed by atoms with Crippen LogP contribution in [0.4, 0.5) is 5.82 Å². The fourth-order valence-corrected chi connectivity index (χ4v) is 1.94. The van der Waals surface area contributed by atoms with E-state index in [0.717, 1.165) is 41.7 Å². The molecule has 0 spiro atoms. The summed E-state index contributed by atoms with van der Waals surface area (Å²) in [4.78, 5) is 13.5. The van der Waals surface area contributed by atoms with Crippen molar-refractivity contribution in [2.24, 2.45) is 0 Å². The molecule has 0 unspecified atom stereocenters. The standard InChI is InChI=1S/C14H22N6/c1-6-10-16-11(7-2)20(19-10)14-9(5)12(15)17-13(18-14)8(3)4/h8H,6-7H2,1-5H3,(H2,15,17,18). The van der Waals surface area contributed by atoms with Crippen molar-refractivity contribution in [2.75, 3.05) is 5.73 Å². The first-order chi connectivity index (χ1) is 9.47. The molecular weight excluding hydrogens is 252 g/mol. The van der Waals surface area contributed by atoms with Gasteiger partial charge in [-0.3, -0.25) is 0 Å². The van der Waals surface area contributed by atoms with Crippen LogP contribution in [-0.4, -0.2) is 24.7 Å². The minimum Gasteiger partial charge on any atom is -0.383 e. The Morgan fingerprint density at radius 2 is 1.80 bits per heavy atom. The zero-order valence-electron chi connectivity index (χ0n) is 12.8. The number of rotatable bonds is 4. The van der Waals surface area contributed by atoms with Crippen LogP contribution in [0, 0.1) is 6.92 Å². The molecule has 6 nitrogen and oxygen atoms in total. The smallest absolute Gasteiger partial charge is 0.164 e. The number of nitrogen functional groups attached to an aromatic ring is 1. The van der Waals surface area contributed by atoms with E-state index in [9.17, 15) is 0 Å². The number of hydrogen-bond acceptors (Lipinski definition) is 5. The van der Waals surface area contributed by atoms with Gasteiger partial charge in [0.05, 0.1) is 0 Å². The molecule has 20 heavy (non-hydrogen) atoms. The molecule has 0 atom stereocenters. The van der Waals surface area contributed by atoms with Gasteiger partial charge in [0.25, 0.3) is 0 Å². The van der Waals surface area contributed by atoms with Gasteiger partial charge in [-0.25, -0.2) is 15.0 Å². The van der Waals surface area contributed by atoms with Crippen molar-refractivity contribution in [3.05, 3.63) is 23.0 Å². The molecule has 0 amide bonds. The maximum atomic E-state index is 6.01. The lowest BCUT2D eigenvalue weighted by atomic mass is 10.2. The average Bonchev–Trinajstić information content (AvgIpc) is 2.84. The maximum absolute atomic E-state index is 6.01. The Labute approximate surface area is 119 Å². The van der Waals surface area contributed by atoms with Crippen LogP contribution in [0.3, 0.4) is 0 Å². The van der Waals surface area contributed by atoms with Crippen LogP contribution in [-0.2, 0) is 12.8 Å². The summed E-state index contributed by atoms with van der Waals surface area (Å²) >= 11 is 0. The first-order valence-corrected chi connectivity index (χ1v) is 7.07. The quantitative estimate of drug-likeness (QED) is 0.924. The minimum atomic E-state index is 0.218. The van der Waals surface area contributed by atoms with E-state index in [4.69, 9.17) is 5.73 Å². The van der Waals surface area contributed by atoms with Gasteiger partial charge in [0.15, 0.2) is 11.6 Å². The predicted molar refractivity (Wildman–Crippen MR) is 78.9 cm³/mol. The normalized spacial score (nSPS) is 11.3. The van der Waals surface area contributed by atoms with Gasteiger partial charge in [-0.15, -0.1) is 5.10 Å². The highest BCUT2D eigenvalue weighted by Gasteiger charge is 2.17. The van der Waals surface area contributed by atoms with Gasteiger partial charge in [0.2, 0.25) is 0 Å². The number of aryl methyl sites for hydroxylation is 2. The minimum absolute atomic E-state index is 0.218. The average molecular weight is 274 g/mol. The predicted octanol–water partition coefficient (Wildman–Crippen LogP) is 2.20. The van der Waals surface area contributed by atoms with Gasteiger partial charge in [-0.05, 0) is 6.92 Å². The molecule has 0 saturated heterocycles. The van der Waals surface area contributed by atoms with Crippen LogP contribution >= 0.6 is 0 Å². The van der Waals surface area contributed by atoms with E-state index in [1.807, 2.05) is 27.7 Å². The van der Waals surface area contributed by atoms with Crippen molar-refractivity contribution in [2.45, 2.75) is 53.4 Å². The number of hydrogen-bond donors (Lipinski definition) is 1. The van der Waals surface area contributed by atoms with E-state index in [0.29, 0.717) is 5.82 Å². The zero-order valence-corrected chi connectivity index (χ0v) is 12.8. The molecule has 0 saturated carbocycles. The van der Waals surface area contributed by atoms with Crippen LogP contribution in [0.1, 0.15) is 56.6 Å². The number of anilines is 1. The second kappa shape index (κ2) is 5.56. The zero-order chi connectivity index (χ0) is 14.9. The van der Waals surface area contributed by atoms with Crippen molar-refractivity contribution in [1.82, 2.24) is 24.7 Å². The Kier molecular flexibility index (Phi) is 4.01. The Morgan fingerprint density at radius 1 is 1.10 bits per heavy atom. The highest BCUT2D eigenvalue weighted by atomic mass is 15.4. The van der Waals surface area contributed by atoms with Gasteiger partial charge >= 0.3 is 0 Å². The highest BCUT2D eigenvalue weighted by Crippen LogP contribution is 2.21. The summed E-state index contributed by atoms with van der Waals surface area (Å²) in [6, 6.07) is 0. The van der Waals surface area contributed by atoms with E-state index >= 15 is 0 Å². The van der Waals surface area contributed by atoms with Crippen molar-refractivity contribution >= 4 is 5.82 Å². The summed E-state index contributed by atoms with van der Waals surface area (Å²) in [7, 11) is 0. The molecule has 0 aliphatic carbocycles. The molecule has 0 aromatic carbocycles. The Morgan fingerprint density at radius 3 is 2.35 bits per heavy atom. The third kappa shape index (κ3) is 2.50. The third-order valence-electron chi connectivity index (χ3n) is 3.24.